The average Bonchev–Trinajstić information content (AvgIpc) is 2.41. The molecule has 1 unspecified atom stereocenters. The predicted molar refractivity (Wildman–Crippen MR) is 75.7 cm³/mol. The molecule has 1 aliphatic heterocycles. The summed E-state index contributed by atoms with van der Waals surface area (Å²) in [4.78, 5) is 11.3. The van der Waals surface area contributed by atoms with E-state index in [1.165, 1.54) is 0 Å². The Morgan fingerprint density at radius 3 is 3.05 bits per heavy atom. The number of carbonyl (C=O) groups excluding carboxylic acids is 1. The first-order valence-electron chi connectivity index (χ1n) is 7.10. The quantitative estimate of drug-likeness (QED) is 0.778. The minimum absolute atomic E-state index is 0.0875. The van der Waals surface area contributed by atoms with Crippen LogP contribution in [0.2, 0.25) is 0 Å². The number of rotatable bonds is 4. The van der Waals surface area contributed by atoms with Crippen LogP contribution in [0.5, 0.6) is 5.75 Å². The second-order valence-corrected chi connectivity index (χ2v) is 5.71. The van der Waals surface area contributed by atoms with Crippen molar-refractivity contribution in [3.05, 3.63) is 23.8 Å². The molecule has 1 saturated carbocycles. The normalized spacial score (nSPS) is 26.0. The van der Waals surface area contributed by atoms with E-state index in [1.54, 1.807) is 0 Å². The maximum atomic E-state index is 11.3. The van der Waals surface area contributed by atoms with E-state index in [-0.39, 0.29) is 24.7 Å². The molecule has 20 heavy (non-hydrogen) atoms. The number of ether oxygens (including phenoxy) is 1. The highest BCUT2D eigenvalue weighted by Gasteiger charge is 2.27. The molecular weight excluding hydrogens is 256 g/mol. The van der Waals surface area contributed by atoms with Crippen LogP contribution < -0.4 is 15.4 Å². The van der Waals surface area contributed by atoms with E-state index in [1.807, 2.05) is 18.2 Å². The van der Waals surface area contributed by atoms with Gasteiger partial charge < -0.3 is 20.5 Å². The van der Waals surface area contributed by atoms with E-state index in [4.69, 9.17) is 4.74 Å². The second-order valence-electron chi connectivity index (χ2n) is 5.71. The first-order valence-corrected chi connectivity index (χ1v) is 7.10. The lowest BCUT2D eigenvalue weighted by Gasteiger charge is -2.32. The first kappa shape index (κ1) is 13.4. The molecule has 0 spiro atoms. The van der Waals surface area contributed by atoms with E-state index < -0.39 is 0 Å². The highest BCUT2D eigenvalue weighted by Crippen LogP contribution is 2.31. The molecular formula is C15H20N2O3. The molecule has 1 atom stereocenters. The molecule has 0 aromatic heterocycles. The van der Waals surface area contributed by atoms with Crippen LogP contribution in [0.15, 0.2) is 18.2 Å². The van der Waals surface area contributed by atoms with E-state index >= 15 is 0 Å². The van der Waals surface area contributed by atoms with Gasteiger partial charge in [-0.1, -0.05) is 6.07 Å². The lowest BCUT2D eigenvalue weighted by molar-refractivity contribution is -0.118. The van der Waals surface area contributed by atoms with Gasteiger partial charge >= 0.3 is 0 Å². The van der Waals surface area contributed by atoms with Gasteiger partial charge in [-0.3, -0.25) is 4.79 Å². The van der Waals surface area contributed by atoms with Crippen molar-refractivity contribution in [2.75, 3.05) is 18.5 Å². The van der Waals surface area contributed by atoms with Gasteiger partial charge in [-0.2, -0.15) is 0 Å². The summed E-state index contributed by atoms with van der Waals surface area (Å²) < 4.78 is 5.35. The molecule has 1 aromatic rings. The summed E-state index contributed by atoms with van der Waals surface area (Å²) in [6, 6.07) is 6.08. The van der Waals surface area contributed by atoms with Gasteiger partial charge in [-0.15, -0.1) is 0 Å². The molecule has 1 amide bonds. The Bertz CT molecular complexity index is 512. The number of nitrogens with one attached hydrogen (secondary N) is 2. The molecule has 3 rings (SSSR count). The van der Waals surface area contributed by atoms with Gasteiger partial charge in [-0.25, -0.2) is 0 Å². The van der Waals surface area contributed by atoms with Crippen LogP contribution in [0.1, 0.15) is 31.4 Å². The Kier molecular flexibility index (Phi) is 3.63. The van der Waals surface area contributed by atoms with Gasteiger partial charge in [0.1, 0.15) is 5.75 Å². The Labute approximate surface area is 118 Å². The Morgan fingerprint density at radius 2 is 2.30 bits per heavy atom. The third kappa shape index (κ3) is 2.78. The van der Waals surface area contributed by atoms with Crippen LogP contribution in [0, 0.1) is 5.92 Å². The van der Waals surface area contributed by atoms with E-state index in [0.717, 1.165) is 36.4 Å². The summed E-state index contributed by atoms with van der Waals surface area (Å²) in [5.74, 6) is 1.19. The number of hydrogen-bond acceptors (Lipinski definition) is 4. The monoisotopic (exact) mass is 276 g/mol. The fraction of sp³-hybridized carbons (Fsp3) is 0.533. The van der Waals surface area contributed by atoms with E-state index in [0.29, 0.717) is 5.92 Å². The van der Waals surface area contributed by atoms with Gasteiger partial charge in [0, 0.05) is 6.04 Å². The lowest BCUT2D eigenvalue weighted by atomic mass is 9.82. The summed E-state index contributed by atoms with van der Waals surface area (Å²) in [6.07, 6.45) is 1.69. The maximum absolute atomic E-state index is 11.3. The zero-order valence-corrected chi connectivity index (χ0v) is 11.6. The summed E-state index contributed by atoms with van der Waals surface area (Å²) in [6.45, 7) is 3.10. The average molecular weight is 276 g/mol. The summed E-state index contributed by atoms with van der Waals surface area (Å²) >= 11 is 0. The van der Waals surface area contributed by atoms with Crippen molar-refractivity contribution in [1.82, 2.24) is 5.32 Å². The van der Waals surface area contributed by atoms with Crippen LogP contribution in [-0.2, 0) is 4.79 Å². The maximum Gasteiger partial charge on any atom is 0.262 e. The highest BCUT2D eigenvalue weighted by atomic mass is 16.5. The molecule has 0 bridgehead atoms. The molecule has 2 aliphatic rings. The number of amides is 1. The highest BCUT2D eigenvalue weighted by molar-refractivity contribution is 5.95. The van der Waals surface area contributed by atoms with Gasteiger partial charge in [0.05, 0.1) is 11.8 Å². The van der Waals surface area contributed by atoms with Crippen molar-refractivity contribution in [2.45, 2.75) is 31.9 Å². The van der Waals surface area contributed by atoms with Gasteiger partial charge in [-0.05, 0) is 49.9 Å². The van der Waals surface area contributed by atoms with E-state index in [2.05, 4.69) is 17.6 Å². The Hall–Kier alpha value is -1.59. The number of anilines is 1. The van der Waals surface area contributed by atoms with Crippen LogP contribution >= 0.6 is 0 Å². The second kappa shape index (κ2) is 5.42. The molecule has 0 radical (unpaired) electrons. The standard InChI is InChI=1S/C15H20N2O3/c1-9(16-7-10-4-12(18)5-10)11-2-3-14-13(6-11)17-15(19)8-20-14/h2-3,6,9-10,12,16,18H,4-5,7-8H2,1H3,(H,17,19). The summed E-state index contributed by atoms with van der Waals surface area (Å²) in [5.41, 5.74) is 1.86. The zero-order chi connectivity index (χ0) is 14.1. The molecule has 1 aliphatic carbocycles. The smallest absolute Gasteiger partial charge is 0.262 e. The first-order chi connectivity index (χ1) is 9.61. The molecule has 108 valence electrons. The SMILES string of the molecule is CC(NCC1CC(O)C1)c1ccc2c(c1)NC(=O)CO2. The van der Waals surface area contributed by atoms with Crippen molar-refractivity contribution < 1.29 is 14.6 Å². The minimum atomic E-state index is -0.112. The largest absolute Gasteiger partial charge is 0.482 e. The van der Waals surface area contributed by atoms with Gasteiger partial charge in [0.15, 0.2) is 6.61 Å². The molecule has 1 aromatic carbocycles. The number of aliphatic hydroxyl groups excluding tert-OH is 1. The Balaban J connectivity index is 1.61. The van der Waals surface area contributed by atoms with E-state index in [9.17, 15) is 9.90 Å². The number of carbonyl (C=O) groups is 1. The molecule has 5 heteroatoms. The van der Waals surface area contributed by atoms with Crippen LogP contribution in [0.3, 0.4) is 0 Å². The fourth-order valence-electron chi connectivity index (χ4n) is 2.70. The topological polar surface area (TPSA) is 70.6 Å². The van der Waals surface area contributed by atoms with Crippen molar-refractivity contribution in [3.8, 4) is 5.75 Å². The minimum Gasteiger partial charge on any atom is -0.482 e. The summed E-state index contributed by atoms with van der Waals surface area (Å²) in [5, 5.41) is 15.6. The Morgan fingerprint density at radius 1 is 1.50 bits per heavy atom. The zero-order valence-electron chi connectivity index (χ0n) is 11.6. The fourth-order valence-corrected chi connectivity index (χ4v) is 2.70. The summed E-state index contributed by atoms with van der Waals surface area (Å²) in [7, 11) is 0. The third-order valence-corrected chi connectivity index (χ3v) is 4.06. The lowest BCUT2D eigenvalue weighted by Crippen LogP contribution is -2.37. The number of aliphatic hydroxyl groups is 1. The van der Waals surface area contributed by atoms with Crippen LogP contribution in [-0.4, -0.2) is 30.3 Å². The molecule has 3 N–H and O–H groups in total. The van der Waals surface area contributed by atoms with Gasteiger partial charge in [0.2, 0.25) is 0 Å². The van der Waals surface area contributed by atoms with Crippen molar-refractivity contribution >= 4 is 11.6 Å². The van der Waals surface area contributed by atoms with Crippen molar-refractivity contribution in [1.29, 1.82) is 0 Å². The number of benzene rings is 1. The van der Waals surface area contributed by atoms with Crippen LogP contribution in [0.4, 0.5) is 5.69 Å². The number of fused-ring (bicyclic) bond motifs is 1. The molecule has 0 saturated heterocycles. The van der Waals surface area contributed by atoms with Crippen molar-refractivity contribution in [3.63, 3.8) is 0 Å². The van der Waals surface area contributed by atoms with Gasteiger partial charge in [0.25, 0.3) is 5.91 Å². The predicted octanol–water partition coefficient (Wildman–Crippen LogP) is 1.44. The third-order valence-electron chi connectivity index (χ3n) is 4.06. The molecule has 5 nitrogen and oxygen atoms in total. The number of hydrogen-bond donors (Lipinski definition) is 3. The molecule has 1 heterocycles. The van der Waals surface area contributed by atoms with Crippen molar-refractivity contribution in [2.24, 2.45) is 5.92 Å². The molecule has 1 fully saturated rings. The van der Waals surface area contributed by atoms with Crippen LogP contribution in [0.25, 0.3) is 0 Å².